The van der Waals surface area contributed by atoms with Crippen molar-refractivity contribution in [3.63, 3.8) is 0 Å². The summed E-state index contributed by atoms with van der Waals surface area (Å²) in [7, 11) is 0. The van der Waals surface area contributed by atoms with Crippen LogP contribution in [0.3, 0.4) is 0 Å². The third-order valence-electron chi connectivity index (χ3n) is 3.53. The normalized spacial score (nSPS) is 9.93. The van der Waals surface area contributed by atoms with Crippen molar-refractivity contribution in [1.82, 2.24) is 19.7 Å². The number of aromatic nitrogens is 4. The summed E-state index contributed by atoms with van der Waals surface area (Å²) in [6.07, 6.45) is 13.6. The minimum Gasteiger partial charge on any atom is -0.481 e. The maximum atomic E-state index is 12.9. The molecule has 3 aromatic rings. The van der Waals surface area contributed by atoms with Gasteiger partial charge in [-0.1, -0.05) is 11.8 Å². The van der Waals surface area contributed by atoms with Gasteiger partial charge >= 0.3 is 0 Å². The summed E-state index contributed by atoms with van der Waals surface area (Å²) in [6, 6.07) is 8.02. The van der Waals surface area contributed by atoms with Gasteiger partial charge in [-0.2, -0.15) is 9.67 Å². The Morgan fingerprint density at radius 1 is 1.07 bits per heavy atom. The van der Waals surface area contributed by atoms with Crippen LogP contribution in [0.2, 0.25) is 0 Å². The van der Waals surface area contributed by atoms with Crippen molar-refractivity contribution in [2.45, 2.75) is 0 Å². The van der Waals surface area contributed by atoms with E-state index in [0.717, 1.165) is 4.68 Å². The van der Waals surface area contributed by atoms with E-state index in [1.807, 2.05) is 0 Å². The van der Waals surface area contributed by atoms with Crippen LogP contribution < -0.4 is 15.2 Å². The molecular weight excluding hydrogens is 358 g/mol. The van der Waals surface area contributed by atoms with Crippen molar-refractivity contribution >= 4 is 11.9 Å². The molecule has 0 saturated heterocycles. The summed E-state index contributed by atoms with van der Waals surface area (Å²) in [4.78, 5) is 21.0. The molecular formula is C20H15N5O3. The number of anilines is 1. The van der Waals surface area contributed by atoms with E-state index < -0.39 is 5.91 Å². The van der Waals surface area contributed by atoms with E-state index in [0.29, 0.717) is 22.9 Å². The van der Waals surface area contributed by atoms with Gasteiger partial charge in [0, 0.05) is 29.6 Å². The van der Waals surface area contributed by atoms with Gasteiger partial charge in [0.15, 0.2) is 5.82 Å². The molecule has 0 spiro atoms. The summed E-state index contributed by atoms with van der Waals surface area (Å²) in [6.45, 7) is 0.0632. The van der Waals surface area contributed by atoms with E-state index >= 15 is 0 Å². The summed E-state index contributed by atoms with van der Waals surface area (Å²) >= 11 is 0. The van der Waals surface area contributed by atoms with Gasteiger partial charge in [0.25, 0.3) is 5.91 Å². The molecule has 2 aromatic heterocycles. The molecule has 0 aliphatic heterocycles. The van der Waals surface area contributed by atoms with Gasteiger partial charge in [-0.3, -0.25) is 9.78 Å². The molecule has 0 atom stereocenters. The first-order chi connectivity index (χ1) is 13.6. The van der Waals surface area contributed by atoms with Crippen molar-refractivity contribution in [2.75, 3.05) is 18.9 Å². The molecule has 3 rings (SSSR count). The van der Waals surface area contributed by atoms with Crippen LogP contribution in [0.15, 0.2) is 42.7 Å². The topological polar surface area (TPSA) is 105 Å². The SMILES string of the molecule is C#CCOc1cc(OCC#C)cc(C(=O)n2nc(-c3ccncc3)nc2N)c1. The first-order valence-corrected chi connectivity index (χ1v) is 8.07. The zero-order chi connectivity index (χ0) is 19.9. The first kappa shape index (κ1) is 18.5. The van der Waals surface area contributed by atoms with E-state index in [9.17, 15) is 4.79 Å². The van der Waals surface area contributed by atoms with E-state index in [-0.39, 0.29) is 24.7 Å². The number of carbonyl (C=O) groups is 1. The molecule has 0 amide bonds. The maximum absolute atomic E-state index is 12.9. The highest BCUT2D eigenvalue weighted by atomic mass is 16.5. The number of benzene rings is 1. The number of ether oxygens (including phenoxy) is 2. The van der Waals surface area contributed by atoms with Crippen LogP contribution in [0.5, 0.6) is 11.5 Å². The summed E-state index contributed by atoms with van der Waals surface area (Å²) in [5, 5.41) is 4.20. The number of nitrogens with two attached hydrogens (primary N) is 1. The fourth-order valence-corrected chi connectivity index (χ4v) is 2.33. The fraction of sp³-hybridized carbons (Fsp3) is 0.100. The minimum absolute atomic E-state index is 0.0316. The highest BCUT2D eigenvalue weighted by Gasteiger charge is 2.18. The Balaban J connectivity index is 1.96. The number of carbonyl (C=O) groups excluding carboxylic acids is 1. The van der Waals surface area contributed by atoms with Crippen LogP contribution in [0.4, 0.5) is 5.95 Å². The Labute approximate surface area is 161 Å². The van der Waals surface area contributed by atoms with Gasteiger partial charge in [-0.15, -0.1) is 17.9 Å². The van der Waals surface area contributed by atoms with Crippen molar-refractivity contribution < 1.29 is 14.3 Å². The largest absolute Gasteiger partial charge is 0.481 e. The van der Waals surface area contributed by atoms with Crippen LogP contribution in [0.25, 0.3) is 11.4 Å². The number of hydrogen-bond acceptors (Lipinski definition) is 7. The van der Waals surface area contributed by atoms with Crippen LogP contribution in [0, 0.1) is 24.7 Å². The second kappa shape index (κ2) is 8.39. The second-order valence-electron chi connectivity index (χ2n) is 5.43. The zero-order valence-electron chi connectivity index (χ0n) is 14.7. The quantitative estimate of drug-likeness (QED) is 0.655. The molecule has 0 radical (unpaired) electrons. The lowest BCUT2D eigenvalue weighted by Gasteiger charge is -2.10. The Morgan fingerprint density at radius 3 is 2.25 bits per heavy atom. The number of rotatable bonds is 6. The van der Waals surface area contributed by atoms with E-state index in [4.69, 9.17) is 28.1 Å². The van der Waals surface area contributed by atoms with Crippen LogP contribution in [0.1, 0.15) is 10.4 Å². The Morgan fingerprint density at radius 2 is 1.68 bits per heavy atom. The number of nitrogens with zero attached hydrogens (tertiary/aromatic N) is 4. The van der Waals surface area contributed by atoms with Crippen molar-refractivity contribution in [3.05, 3.63) is 48.3 Å². The number of pyridine rings is 1. The highest BCUT2D eigenvalue weighted by molar-refractivity contribution is 5.97. The zero-order valence-corrected chi connectivity index (χ0v) is 14.7. The van der Waals surface area contributed by atoms with E-state index in [1.54, 1.807) is 30.6 Å². The van der Waals surface area contributed by atoms with Crippen LogP contribution >= 0.6 is 0 Å². The minimum atomic E-state index is -0.512. The number of hydrogen-bond donors (Lipinski definition) is 1. The molecule has 0 saturated carbocycles. The number of nitrogen functional groups attached to an aromatic ring is 1. The first-order valence-electron chi connectivity index (χ1n) is 8.07. The third kappa shape index (κ3) is 4.09. The average molecular weight is 373 g/mol. The predicted molar refractivity (Wildman–Crippen MR) is 102 cm³/mol. The van der Waals surface area contributed by atoms with Gasteiger partial charge in [-0.25, -0.2) is 0 Å². The molecule has 8 nitrogen and oxygen atoms in total. The van der Waals surface area contributed by atoms with Crippen LogP contribution in [-0.2, 0) is 0 Å². The molecule has 8 heteroatoms. The van der Waals surface area contributed by atoms with Crippen molar-refractivity contribution in [2.24, 2.45) is 0 Å². The molecule has 0 unspecified atom stereocenters. The summed E-state index contributed by atoms with van der Waals surface area (Å²) in [5.74, 6) is 5.15. The van der Waals surface area contributed by atoms with Gasteiger partial charge in [0.05, 0.1) is 0 Å². The average Bonchev–Trinajstić information content (AvgIpc) is 3.12. The molecule has 0 aliphatic rings. The molecule has 2 N–H and O–H groups in total. The second-order valence-corrected chi connectivity index (χ2v) is 5.43. The van der Waals surface area contributed by atoms with Crippen molar-refractivity contribution in [1.29, 1.82) is 0 Å². The lowest BCUT2D eigenvalue weighted by atomic mass is 10.2. The molecule has 1 aromatic carbocycles. The summed E-state index contributed by atoms with van der Waals surface area (Å²) in [5.41, 5.74) is 6.79. The summed E-state index contributed by atoms with van der Waals surface area (Å²) < 4.78 is 11.8. The third-order valence-corrected chi connectivity index (χ3v) is 3.53. The van der Waals surface area contributed by atoms with Gasteiger partial charge in [0.2, 0.25) is 5.95 Å². The number of terminal acetylenes is 2. The van der Waals surface area contributed by atoms with Gasteiger partial charge in [0.1, 0.15) is 24.7 Å². The molecule has 0 aliphatic carbocycles. The van der Waals surface area contributed by atoms with Crippen LogP contribution in [-0.4, -0.2) is 38.9 Å². The Hall–Kier alpha value is -4.30. The monoisotopic (exact) mass is 373 g/mol. The standard InChI is InChI=1S/C20H15N5O3/c1-3-9-27-16-11-15(12-17(13-16)28-10-4-2)19(26)25-20(21)23-18(24-25)14-5-7-22-8-6-14/h1-2,5-8,11-13H,9-10H2,(H2,21,23,24). The lowest BCUT2D eigenvalue weighted by molar-refractivity contribution is 0.0947. The predicted octanol–water partition coefficient (Wildman–Crippen LogP) is 1.63. The lowest BCUT2D eigenvalue weighted by Crippen LogP contribution is -2.16. The molecule has 2 heterocycles. The Bertz CT molecular complexity index is 1040. The molecule has 28 heavy (non-hydrogen) atoms. The van der Waals surface area contributed by atoms with Crippen molar-refractivity contribution in [3.8, 4) is 47.6 Å². The smallest absolute Gasteiger partial charge is 0.281 e. The molecule has 0 fully saturated rings. The van der Waals surface area contributed by atoms with Gasteiger partial charge < -0.3 is 15.2 Å². The molecule has 138 valence electrons. The van der Waals surface area contributed by atoms with E-state index in [1.165, 1.54) is 12.1 Å². The van der Waals surface area contributed by atoms with E-state index in [2.05, 4.69) is 26.9 Å². The van der Waals surface area contributed by atoms with Gasteiger partial charge in [-0.05, 0) is 24.3 Å². The fourth-order valence-electron chi connectivity index (χ4n) is 2.33. The maximum Gasteiger partial charge on any atom is 0.281 e. The highest BCUT2D eigenvalue weighted by Crippen LogP contribution is 2.25. The Kier molecular flexibility index (Phi) is 5.54. The molecule has 0 bridgehead atoms.